The minimum Gasteiger partial charge on any atom is -0.481 e. The third kappa shape index (κ3) is 6.60. The lowest BCUT2D eigenvalue weighted by atomic mass is 10.0. The maximum atomic E-state index is 13.5. The van der Waals surface area contributed by atoms with Crippen LogP contribution in [-0.2, 0) is 24.8 Å². The topological polar surface area (TPSA) is 142 Å². The molecule has 10 nitrogen and oxygen atoms in total. The molecule has 1 aliphatic rings. The molecular formula is C19H27N3O7S3. The molecule has 0 unspecified atom stereocenters. The van der Waals surface area contributed by atoms with Gasteiger partial charge in [-0.25, -0.2) is 27.0 Å². The Bertz CT molecular complexity index is 1090. The fourth-order valence-corrected chi connectivity index (χ4v) is 7.47. The number of ether oxygens (including phenoxy) is 1. The smallest absolute Gasteiger partial charge is 0.263 e. The summed E-state index contributed by atoms with van der Waals surface area (Å²) in [4.78, 5) is 12.4. The molecule has 3 N–H and O–H groups in total. The number of hydrogen-bond donors (Lipinski definition) is 3. The summed E-state index contributed by atoms with van der Waals surface area (Å²) in [5.74, 6) is 4.98. The number of carbonyl (C=O) groups excluding carboxylic acids is 1. The number of nitrogens with one attached hydrogen (secondary N) is 2. The molecule has 0 radical (unpaired) electrons. The SMILES string of the molecule is CC#CCOc1ccc(S(=O)(=O)N2C[C@H](CNS(C)(=O)=O)SC(C)(C)[C@@H]2C(=O)NO)cc1. The van der Waals surface area contributed by atoms with Gasteiger partial charge in [0.15, 0.2) is 0 Å². The van der Waals surface area contributed by atoms with Gasteiger partial charge in [0.25, 0.3) is 5.91 Å². The molecule has 0 saturated carbocycles. The summed E-state index contributed by atoms with van der Waals surface area (Å²) in [6.45, 7) is 5.01. The van der Waals surface area contributed by atoms with E-state index in [1.807, 2.05) is 0 Å². The minimum atomic E-state index is -4.18. The number of hydrogen-bond acceptors (Lipinski definition) is 8. The Morgan fingerprint density at radius 1 is 1.28 bits per heavy atom. The molecule has 13 heteroatoms. The molecule has 2 atom stereocenters. The fourth-order valence-electron chi connectivity index (χ4n) is 3.31. The minimum absolute atomic E-state index is 0.0162. The predicted molar refractivity (Wildman–Crippen MR) is 121 cm³/mol. The zero-order valence-electron chi connectivity index (χ0n) is 18.2. The van der Waals surface area contributed by atoms with Crippen LogP contribution in [0.3, 0.4) is 0 Å². The lowest BCUT2D eigenvalue weighted by molar-refractivity contribution is -0.134. The maximum Gasteiger partial charge on any atom is 0.263 e. The number of benzene rings is 1. The van der Waals surface area contributed by atoms with Crippen molar-refractivity contribution in [3.05, 3.63) is 24.3 Å². The molecule has 0 spiro atoms. The summed E-state index contributed by atoms with van der Waals surface area (Å²) in [5.41, 5.74) is 1.55. The van der Waals surface area contributed by atoms with E-state index < -0.39 is 42.0 Å². The van der Waals surface area contributed by atoms with E-state index in [1.54, 1.807) is 26.3 Å². The summed E-state index contributed by atoms with van der Waals surface area (Å²) < 4.78 is 57.8. The molecule has 1 aromatic rings. The van der Waals surface area contributed by atoms with Crippen molar-refractivity contribution in [2.45, 2.75) is 41.7 Å². The summed E-state index contributed by atoms with van der Waals surface area (Å²) in [6.07, 6.45) is 1.01. The standard InChI is InChI=1S/C19H27N3O7S3/c1-5-6-11-29-14-7-9-16(10-8-14)32(27,28)22-13-15(12-20-31(4,25)26)30-19(2,3)17(22)18(23)21-24/h7-10,15,17,20,24H,11-13H2,1-4H3,(H,21,23)/t15-,17-/m0/s1. The molecule has 1 heterocycles. The van der Waals surface area contributed by atoms with Gasteiger partial charge in [0.2, 0.25) is 20.0 Å². The van der Waals surface area contributed by atoms with Gasteiger partial charge in [-0.2, -0.15) is 4.31 Å². The van der Waals surface area contributed by atoms with Gasteiger partial charge in [0.05, 0.1) is 11.2 Å². The number of hydroxylamine groups is 1. The van der Waals surface area contributed by atoms with Crippen LogP contribution in [0.25, 0.3) is 0 Å². The van der Waals surface area contributed by atoms with Crippen molar-refractivity contribution in [2.24, 2.45) is 0 Å². The molecule has 0 aromatic heterocycles. The van der Waals surface area contributed by atoms with Crippen LogP contribution in [0, 0.1) is 11.8 Å². The summed E-state index contributed by atoms with van der Waals surface area (Å²) in [7, 11) is -7.67. The van der Waals surface area contributed by atoms with Crippen LogP contribution in [0.15, 0.2) is 29.2 Å². The molecule has 1 fully saturated rings. The second-order valence-corrected chi connectivity index (χ2v) is 13.3. The molecule has 0 aliphatic carbocycles. The van der Waals surface area contributed by atoms with Crippen LogP contribution in [0.1, 0.15) is 20.8 Å². The lowest BCUT2D eigenvalue weighted by Crippen LogP contribution is -2.63. The number of rotatable bonds is 8. The molecular weight excluding hydrogens is 478 g/mol. The Hall–Kier alpha value is -1.82. The first-order chi connectivity index (χ1) is 14.8. The number of sulfonamides is 2. The number of nitrogens with zero attached hydrogens (tertiary/aromatic N) is 1. The fraction of sp³-hybridized carbons (Fsp3) is 0.526. The second kappa shape index (κ2) is 10.4. The zero-order valence-corrected chi connectivity index (χ0v) is 20.6. The molecule has 178 valence electrons. The van der Waals surface area contributed by atoms with E-state index in [1.165, 1.54) is 36.0 Å². The third-order valence-corrected chi connectivity index (χ3v) is 8.67. The van der Waals surface area contributed by atoms with E-state index >= 15 is 0 Å². The molecule has 32 heavy (non-hydrogen) atoms. The molecule has 0 bridgehead atoms. The van der Waals surface area contributed by atoms with Crippen molar-refractivity contribution in [1.82, 2.24) is 14.5 Å². The van der Waals surface area contributed by atoms with Gasteiger partial charge in [-0.3, -0.25) is 10.0 Å². The molecule has 1 aromatic carbocycles. The summed E-state index contributed by atoms with van der Waals surface area (Å²) in [6, 6.07) is 4.45. The molecule has 1 saturated heterocycles. The van der Waals surface area contributed by atoms with E-state index in [2.05, 4.69) is 16.6 Å². The van der Waals surface area contributed by atoms with Crippen LogP contribution < -0.4 is 14.9 Å². The van der Waals surface area contributed by atoms with Gasteiger partial charge in [0, 0.05) is 23.1 Å². The van der Waals surface area contributed by atoms with Crippen LogP contribution >= 0.6 is 11.8 Å². The average molecular weight is 506 g/mol. The van der Waals surface area contributed by atoms with E-state index in [9.17, 15) is 26.8 Å². The molecule has 1 amide bonds. The highest BCUT2D eigenvalue weighted by molar-refractivity contribution is 8.01. The zero-order chi connectivity index (χ0) is 24.2. The van der Waals surface area contributed by atoms with E-state index in [0.29, 0.717) is 5.75 Å². The predicted octanol–water partition coefficient (Wildman–Crippen LogP) is 0.397. The van der Waals surface area contributed by atoms with Crippen molar-refractivity contribution in [3.8, 4) is 17.6 Å². The third-order valence-electron chi connectivity index (χ3n) is 4.65. The number of carbonyl (C=O) groups is 1. The van der Waals surface area contributed by atoms with Crippen LogP contribution in [0.2, 0.25) is 0 Å². The van der Waals surface area contributed by atoms with E-state index in [0.717, 1.165) is 10.6 Å². The largest absolute Gasteiger partial charge is 0.481 e. The van der Waals surface area contributed by atoms with Crippen molar-refractivity contribution in [1.29, 1.82) is 0 Å². The van der Waals surface area contributed by atoms with E-state index in [4.69, 9.17) is 4.74 Å². The number of amides is 1. The van der Waals surface area contributed by atoms with Gasteiger partial charge in [-0.1, -0.05) is 5.92 Å². The highest BCUT2D eigenvalue weighted by Gasteiger charge is 2.51. The van der Waals surface area contributed by atoms with E-state index in [-0.39, 0.29) is 24.6 Å². The Kier molecular flexibility index (Phi) is 8.60. The summed E-state index contributed by atoms with van der Waals surface area (Å²) in [5, 5.41) is 8.77. The molecule has 1 aliphatic heterocycles. The number of thioether (sulfide) groups is 1. The quantitative estimate of drug-likeness (QED) is 0.262. The first-order valence-corrected chi connectivity index (χ1v) is 13.7. The van der Waals surface area contributed by atoms with Crippen LogP contribution in [0.5, 0.6) is 5.75 Å². The highest BCUT2D eigenvalue weighted by Crippen LogP contribution is 2.42. The monoisotopic (exact) mass is 505 g/mol. The van der Waals surface area contributed by atoms with Crippen molar-refractivity contribution < 1.29 is 31.6 Å². The van der Waals surface area contributed by atoms with Crippen molar-refractivity contribution >= 4 is 37.7 Å². The van der Waals surface area contributed by atoms with Crippen molar-refractivity contribution in [2.75, 3.05) is 26.0 Å². The Balaban J connectivity index is 2.39. The average Bonchev–Trinajstić information content (AvgIpc) is 2.70. The highest BCUT2D eigenvalue weighted by atomic mass is 32.2. The van der Waals surface area contributed by atoms with Crippen molar-refractivity contribution in [3.63, 3.8) is 0 Å². The first kappa shape index (κ1) is 26.4. The van der Waals surface area contributed by atoms with Gasteiger partial charge in [0.1, 0.15) is 18.4 Å². The summed E-state index contributed by atoms with van der Waals surface area (Å²) >= 11 is 1.27. The van der Waals surface area contributed by atoms with Gasteiger partial charge >= 0.3 is 0 Å². The van der Waals surface area contributed by atoms with Gasteiger partial charge in [-0.15, -0.1) is 17.7 Å². The normalized spacial score (nSPS) is 21.3. The van der Waals surface area contributed by atoms with Gasteiger partial charge in [-0.05, 0) is 45.0 Å². The Morgan fingerprint density at radius 3 is 2.44 bits per heavy atom. The second-order valence-electron chi connectivity index (χ2n) is 7.60. The Morgan fingerprint density at radius 2 is 1.91 bits per heavy atom. The first-order valence-electron chi connectivity index (χ1n) is 9.52. The lowest BCUT2D eigenvalue weighted by Gasteiger charge is -2.46. The molecule has 2 rings (SSSR count). The Labute approximate surface area is 193 Å². The van der Waals surface area contributed by atoms with Crippen LogP contribution in [-0.4, -0.2) is 74.2 Å². The maximum absolute atomic E-state index is 13.5. The van der Waals surface area contributed by atoms with Crippen LogP contribution in [0.4, 0.5) is 0 Å². The van der Waals surface area contributed by atoms with Gasteiger partial charge < -0.3 is 4.74 Å².